The van der Waals surface area contributed by atoms with Gasteiger partial charge in [-0.15, -0.1) is 0 Å². The molecule has 0 atom stereocenters. The number of aryl methyl sites for hydroxylation is 1. The number of carbonyl (C=O) groups excluding carboxylic acids is 1. The zero-order valence-corrected chi connectivity index (χ0v) is 18.0. The third kappa shape index (κ3) is 5.21. The molecule has 7 heteroatoms. The number of urea groups is 1. The van der Waals surface area contributed by atoms with E-state index in [2.05, 4.69) is 22.4 Å². The molecule has 0 bridgehead atoms. The van der Waals surface area contributed by atoms with Crippen LogP contribution >= 0.6 is 11.3 Å². The van der Waals surface area contributed by atoms with Gasteiger partial charge in [0.1, 0.15) is 11.9 Å². The van der Waals surface area contributed by atoms with Gasteiger partial charge in [0.15, 0.2) is 0 Å². The minimum atomic E-state index is 0.0218. The summed E-state index contributed by atoms with van der Waals surface area (Å²) in [6.45, 7) is 2.10. The van der Waals surface area contributed by atoms with Gasteiger partial charge < -0.3 is 19.7 Å². The normalized spacial score (nSPS) is 14.6. The Labute approximate surface area is 180 Å². The summed E-state index contributed by atoms with van der Waals surface area (Å²) in [5, 5.41) is 3.72. The number of fused-ring (bicyclic) bond motifs is 1. The topological polar surface area (TPSA) is 63.7 Å². The Morgan fingerprint density at radius 1 is 1.20 bits per heavy atom. The maximum atomic E-state index is 12.4. The summed E-state index contributed by atoms with van der Waals surface area (Å²) in [4.78, 5) is 18.8. The lowest BCUT2D eigenvalue weighted by atomic mass is 10.1. The molecule has 30 heavy (non-hydrogen) atoms. The van der Waals surface area contributed by atoms with E-state index in [0.717, 1.165) is 41.6 Å². The molecule has 1 aromatic heterocycles. The second kappa shape index (κ2) is 9.80. The molecule has 3 aromatic rings. The Kier molecular flexibility index (Phi) is 6.69. The molecule has 158 valence electrons. The minimum Gasteiger partial charge on any atom is -0.497 e. The molecule has 2 amide bonds. The SMILES string of the molecule is COc1ccc2nc(OC3CCN(C(=O)NCCCc4ccccc4)CC3)sc2c1. The molecular weight excluding hydrogens is 398 g/mol. The molecule has 1 fully saturated rings. The summed E-state index contributed by atoms with van der Waals surface area (Å²) < 4.78 is 12.4. The fraction of sp³-hybridized carbons (Fsp3) is 0.391. The fourth-order valence-electron chi connectivity index (χ4n) is 3.62. The molecule has 0 unspecified atom stereocenters. The van der Waals surface area contributed by atoms with Crippen LogP contribution in [-0.2, 0) is 6.42 Å². The van der Waals surface area contributed by atoms with E-state index in [9.17, 15) is 4.79 Å². The first-order valence-corrected chi connectivity index (χ1v) is 11.2. The molecule has 0 radical (unpaired) electrons. The number of hydrogen-bond acceptors (Lipinski definition) is 5. The van der Waals surface area contributed by atoms with E-state index in [-0.39, 0.29) is 12.1 Å². The first kappa shape index (κ1) is 20.5. The zero-order chi connectivity index (χ0) is 20.8. The van der Waals surface area contributed by atoms with E-state index in [1.165, 1.54) is 16.9 Å². The third-order valence-corrected chi connectivity index (χ3v) is 6.24. The number of rotatable bonds is 7. The summed E-state index contributed by atoms with van der Waals surface area (Å²) in [6.07, 6.45) is 3.64. The summed E-state index contributed by atoms with van der Waals surface area (Å²) in [5.74, 6) is 0.820. The first-order valence-electron chi connectivity index (χ1n) is 10.4. The molecule has 0 saturated carbocycles. The predicted octanol–water partition coefficient (Wildman–Crippen LogP) is 4.49. The number of thiazole rings is 1. The van der Waals surface area contributed by atoms with Crippen LogP contribution in [0.3, 0.4) is 0 Å². The van der Waals surface area contributed by atoms with Crippen molar-refractivity contribution >= 4 is 27.6 Å². The quantitative estimate of drug-likeness (QED) is 0.567. The van der Waals surface area contributed by atoms with Crippen molar-refractivity contribution < 1.29 is 14.3 Å². The zero-order valence-electron chi connectivity index (χ0n) is 17.2. The Bertz CT molecular complexity index is 968. The van der Waals surface area contributed by atoms with Crippen LogP contribution < -0.4 is 14.8 Å². The second-order valence-electron chi connectivity index (χ2n) is 7.44. The highest BCUT2D eigenvalue weighted by Crippen LogP contribution is 2.32. The highest BCUT2D eigenvalue weighted by atomic mass is 32.1. The number of hydrogen-bond donors (Lipinski definition) is 1. The molecular formula is C23H27N3O3S. The Morgan fingerprint density at radius 3 is 2.77 bits per heavy atom. The minimum absolute atomic E-state index is 0.0218. The largest absolute Gasteiger partial charge is 0.497 e. The molecule has 2 heterocycles. The predicted molar refractivity (Wildman–Crippen MR) is 120 cm³/mol. The van der Waals surface area contributed by atoms with Crippen molar-refractivity contribution in [2.75, 3.05) is 26.7 Å². The van der Waals surface area contributed by atoms with Crippen LogP contribution in [0.15, 0.2) is 48.5 Å². The van der Waals surface area contributed by atoms with Crippen LogP contribution in [0, 0.1) is 0 Å². The number of aromatic nitrogens is 1. The van der Waals surface area contributed by atoms with Crippen molar-refractivity contribution in [3.63, 3.8) is 0 Å². The van der Waals surface area contributed by atoms with Crippen LogP contribution in [0.1, 0.15) is 24.8 Å². The van der Waals surface area contributed by atoms with E-state index >= 15 is 0 Å². The number of piperidine rings is 1. The summed E-state index contributed by atoms with van der Waals surface area (Å²) in [5.41, 5.74) is 2.22. The van der Waals surface area contributed by atoms with Gasteiger partial charge in [0.25, 0.3) is 5.19 Å². The Balaban J connectivity index is 1.19. The van der Waals surface area contributed by atoms with E-state index in [4.69, 9.17) is 9.47 Å². The van der Waals surface area contributed by atoms with Gasteiger partial charge >= 0.3 is 6.03 Å². The van der Waals surface area contributed by atoms with E-state index in [0.29, 0.717) is 24.8 Å². The lowest BCUT2D eigenvalue weighted by Crippen LogP contribution is -2.46. The van der Waals surface area contributed by atoms with Crippen molar-refractivity contribution in [2.24, 2.45) is 0 Å². The maximum Gasteiger partial charge on any atom is 0.317 e. The van der Waals surface area contributed by atoms with Gasteiger partial charge in [-0.1, -0.05) is 41.7 Å². The van der Waals surface area contributed by atoms with Gasteiger partial charge in [-0.25, -0.2) is 9.78 Å². The van der Waals surface area contributed by atoms with Crippen molar-refractivity contribution in [1.82, 2.24) is 15.2 Å². The number of likely N-dealkylation sites (tertiary alicyclic amines) is 1. The molecule has 1 aliphatic heterocycles. The average Bonchev–Trinajstić information content (AvgIpc) is 3.19. The van der Waals surface area contributed by atoms with E-state index < -0.39 is 0 Å². The maximum absolute atomic E-state index is 12.4. The first-order chi connectivity index (χ1) is 14.7. The summed E-state index contributed by atoms with van der Waals surface area (Å²) in [6, 6.07) is 16.2. The molecule has 6 nitrogen and oxygen atoms in total. The van der Waals surface area contributed by atoms with Crippen LogP contribution in [0.5, 0.6) is 10.9 Å². The van der Waals surface area contributed by atoms with E-state index in [1.54, 1.807) is 7.11 Å². The van der Waals surface area contributed by atoms with Gasteiger partial charge in [0, 0.05) is 32.5 Å². The van der Waals surface area contributed by atoms with Gasteiger partial charge in [0.05, 0.1) is 17.3 Å². The molecule has 1 N–H and O–H groups in total. The van der Waals surface area contributed by atoms with Crippen LogP contribution in [0.2, 0.25) is 0 Å². The van der Waals surface area contributed by atoms with Gasteiger partial charge in [0.2, 0.25) is 0 Å². The fourth-order valence-corrected chi connectivity index (χ4v) is 4.53. The number of nitrogens with zero attached hydrogens (tertiary/aromatic N) is 2. The number of nitrogens with one attached hydrogen (secondary N) is 1. The molecule has 0 spiro atoms. The average molecular weight is 426 g/mol. The summed E-state index contributed by atoms with van der Waals surface area (Å²) in [7, 11) is 1.66. The summed E-state index contributed by atoms with van der Waals surface area (Å²) >= 11 is 1.53. The van der Waals surface area contributed by atoms with Gasteiger partial charge in [-0.05, 0) is 36.6 Å². The molecule has 0 aliphatic carbocycles. The number of carbonyl (C=O) groups is 1. The number of methoxy groups -OCH3 is 1. The highest BCUT2D eigenvalue weighted by molar-refractivity contribution is 7.20. The van der Waals surface area contributed by atoms with E-state index in [1.807, 2.05) is 41.3 Å². The molecule has 1 aliphatic rings. The Morgan fingerprint density at radius 2 is 2.00 bits per heavy atom. The number of ether oxygens (including phenoxy) is 2. The van der Waals surface area contributed by atoms with Crippen molar-refractivity contribution in [2.45, 2.75) is 31.8 Å². The smallest absolute Gasteiger partial charge is 0.317 e. The van der Waals surface area contributed by atoms with Crippen LogP contribution in [0.4, 0.5) is 4.79 Å². The van der Waals surface area contributed by atoms with Crippen molar-refractivity contribution in [3.05, 3.63) is 54.1 Å². The number of amides is 2. The van der Waals surface area contributed by atoms with Crippen LogP contribution in [-0.4, -0.2) is 48.8 Å². The molecule has 1 saturated heterocycles. The molecule has 2 aromatic carbocycles. The van der Waals surface area contributed by atoms with Crippen LogP contribution in [0.25, 0.3) is 10.2 Å². The Hall–Kier alpha value is -2.80. The van der Waals surface area contributed by atoms with Crippen molar-refractivity contribution in [3.8, 4) is 10.9 Å². The van der Waals surface area contributed by atoms with Gasteiger partial charge in [-0.2, -0.15) is 0 Å². The van der Waals surface area contributed by atoms with Gasteiger partial charge in [-0.3, -0.25) is 0 Å². The highest BCUT2D eigenvalue weighted by Gasteiger charge is 2.24. The number of benzene rings is 2. The standard InChI is InChI=1S/C23H27N3O3S/c1-28-19-9-10-20-21(16-19)30-23(25-20)29-18-11-14-26(15-12-18)22(27)24-13-5-8-17-6-3-2-4-7-17/h2-4,6-7,9-10,16,18H,5,8,11-15H2,1H3,(H,24,27). The second-order valence-corrected chi connectivity index (χ2v) is 8.43. The van der Waals surface area contributed by atoms with Crippen molar-refractivity contribution in [1.29, 1.82) is 0 Å². The third-order valence-electron chi connectivity index (χ3n) is 5.33. The lowest BCUT2D eigenvalue weighted by Gasteiger charge is -2.31. The lowest BCUT2D eigenvalue weighted by molar-refractivity contribution is 0.111. The molecule has 4 rings (SSSR count). The monoisotopic (exact) mass is 425 g/mol.